The SMILES string of the molecule is CC(=O)O[C@H]1CC[C@@]2(C)[C@@H](C1)C[C@H](OC(=O)Cc1cccc(I)c1)[C@@H]1[C@@H]2CC[C@@]2(C)[C@H]1CC[C@]2(O)C(C)=O. The number of fused-ring (bicyclic) bond motifs is 5. The molecule has 0 saturated heterocycles. The van der Waals surface area contributed by atoms with Crippen LogP contribution in [0.15, 0.2) is 24.3 Å². The van der Waals surface area contributed by atoms with Gasteiger partial charge in [-0.2, -0.15) is 0 Å². The molecular weight excluding hydrogens is 595 g/mol. The fourth-order valence-electron chi connectivity index (χ4n) is 9.24. The highest BCUT2D eigenvalue weighted by Gasteiger charge is 2.68. The van der Waals surface area contributed by atoms with Crippen LogP contribution < -0.4 is 0 Å². The first-order valence-electron chi connectivity index (χ1n) is 14.2. The number of rotatable bonds is 5. The first-order chi connectivity index (χ1) is 17.9. The molecule has 1 N–H and O–H groups in total. The number of carbonyl (C=O) groups is 3. The van der Waals surface area contributed by atoms with Crippen LogP contribution in [0.2, 0.25) is 0 Å². The van der Waals surface area contributed by atoms with E-state index < -0.39 is 11.0 Å². The van der Waals surface area contributed by atoms with Crippen molar-refractivity contribution in [2.75, 3.05) is 0 Å². The molecular formula is C31H41IO6. The normalized spacial score (nSPS) is 41.8. The standard InChI is InChI=1S/C31H41IO6/c1-18(33)31(36)13-10-25-28-24(9-12-30(25,31)4)29(3)11-8-23(37-19(2)34)16-21(29)17-26(28)38-27(35)15-20-6-5-7-22(32)14-20/h5-7,14,21,23-26,28,36H,8-13,15-17H2,1-4H3/t21-,23-,24-,25-,26-,28+,29-,30-,31-/m0/s1. The van der Waals surface area contributed by atoms with Gasteiger partial charge in [0.05, 0.1) is 6.42 Å². The van der Waals surface area contributed by atoms with Gasteiger partial charge in [0.25, 0.3) is 0 Å². The zero-order valence-electron chi connectivity index (χ0n) is 23.0. The van der Waals surface area contributed by atoms with E-state index in [9.17, 15) is 19.5 Å². The molecule has 0 radical (unpaired) electrons. The predicted molar refractivity (Wildman–Crippen MR) is 151 cm³/mol. The summed E-state index contributed by atoms with van der Waals surface area (Å²) in [6.45, 7) is 7.47. The Hall–Kier alpha value is -1.48. The Kier molecular flexibility index (Phi) is 7.51. The first kappa shape index (κ1) is 28.1. The maximum absolute atomic E-state index is 13.3. The molecule has 1 aromatic carbocycles. The summed E-state index contributed by atoms with van der Waals surface area (Å²) in [5.74, 6) is 0.240. The van der Waals surface area contributed by atoms with E-state index in [4.69, 9.17) is 9.47 Å². The van der Waals surface area contributed by atoms with Gasteiger partial charge in [-0.15, -0.1) is 0 Å². The van der Waals surface area contributed by atoms with Gasteiger partial charge in [-0.05, 0) is 122 Å². The molecule has 4 aliphatic carbocycles. The molecule has 7 heteroatoms. The third-order valence-electron chi connectivity index (χ3n) is 11.2. The molecule has 4 aliphatic rings. The molecule has 0 aliphatic heterocycles. The molecule has 0 amide bonds. The Balaban J connectivity index is 1.46. The van der Waals surface area contributed by atoms with Crippen molar-refractivity contribution < 1.29 is 29.0 Å². The fraction of sp³-hybridized carbons (Fsp3) is 0.710. The van der Waals surface area contributed by atoms with Crippen molar-refractivity contribution in [2.45, 2.75) is 103 Å². The Morgan fingerprint density at radius 1 is 1.00 bits per heavy atom. The van der Waals surface area contributed by atoms with Crippen LogP contribution >= 0.6 is 22.6 Å². The third-order valence-corrected chi connectivity index (χ3v) is 11.9. The number of halogens is 1. The highest BCUT2D eigenvalue weighted by molar-refractivity contribution is 14.1. The maximum Gasteiger partial charge on any atom is 0.310 e. The van der Waals surface area contributed by atoms with E-state index in [1.54, 1.807) is 0 Å². The number of carbonyl (C=O) groups excluding carboxylic acids is 3. The Bertz CT molecular complexity index is 1120. The lowest BCUT2D eigenvalue weighted by molar-refractivity contribution is -0.207. The number of ketones is 1. The Morgan fingerprint density at radius 3 is 2.42 bits per heavy atom. The summed E-state index contributed by atoms with van der Waals surface area (Å²) in [7, 11) is 0. The highest BCUT2D eigenvalue weighted by Crippen LogP contribution is 2.68. The number of esters is 2. The molecule has 208 valence electrons. The van der Waals surface area contributed by atoms with Gasteiger partial charge in [0.1, 0.15) is 17.8 Å². The molecule has 4 fully saturated rings. The highest BCUT2D eigenvalue weighted by atomic mass is 127. The average Bonchev–Trinajstić information content (AvgIpc) is 3.11. The first-order valence-corrected chi connectivity index (χ1v) is 15.3. The largest absolute Gasteiger partial charge is 0.463 e. The van der Waals surface area contributed by atoms with E-state index in [2.05, 4.69) is 36.4 Å². The van der Waals surface area contributed by atoms with E-state index >= 15 is 0 Å². The van der Waals surface area contributed by atoms with E-state index in [0.29, 0.717) is 12.3 Å². The minimum absolute atomic E-state index is 0.0536. The van der Waals surface area contributed by atoms with E-state index in [0.717, 1.165) is 54.1 Å². The van der Waals surface area contributed by atoms with Crippen molar-refractivity contribution in [3.8, 4) is 0 Å². The van der Waals surface area contributed by atoms with Crippen LogP contribution in [0.1, 0.15) is 84.6 Å². The Morgan fingerprint density at radius 2 is 1.74 bits per heavy atom. The van der Waals surface area contributed by atoms with Gasteiger partial charge >= 0.3 is 11.9 Å². The van der Waals surface area contributed by atoms with Gasteiger partial charge in [-0.25, -0.2) is 0 Å². The lowest BCUT2D eigenvalue weighted by Crippen LogP contribution is -2.62. The zero-order chi connectivity index (χ0) is 27.5. The smallest absolute Gasteiger partial charge is 0.310 e. The lowest BCUT2D eigenvalue weighted by Gasteiger charge is -2.63. The Labute approximate surface area is 239 Å². The van der Waals surface area contributed by atoms with Crippen molar-refractivity contribution >= 4 is 40.3 Å². The second kappa shape index (κ2) is 10.2. The second-order valence-electron chi connectivity index (χ2n) is 13.0. The minimum Gasteiger partial charge on any atom is -0.463 e. The molecule has 0 bridgehead atoms. The molecule has 0 heterocycles. The van der Waals surface area contributed by atoms with Crippen LogP contribution in [0.4, 0.5) is 0 Å². The molecule has 6 nitrogen and oxygen atoms in total. The number of Topliss-reactive ketones (excluding diaryl/α,β-unsaturated/α-hetero) is 1. The monoisotopic (exact) mass is 636 g/mol. The van der Waals surface area contributed by atoms with E-state index in [1.807, 2.05) is 24.3 Å². The summed E-state index contributed by atoms with van der Waals surface area (Å²) in [4.78, 5) is 37.8. The molecule has 38 heavy (non-hydrogen) atoms. The molecule has 4 saturated carbocycles. The fourth-order valence-corrected chi connectivity index (χ4v) is 9.85. The van der Waals surface area contributed by atoms with Crippen LogP contribution in [0.3, 0.4) is 0 Å². The van der Waals surface area contributed by atoms with Crippen molar-refractivity contribution in [3.05, 3.63) is 33.4 Å². The van der Waals surface area contributed by atoms with Crippen molar-refractivity contribution in [1.29, 1.82) is 0 Å². The number of benzene rings is 1. The van der Waals surface area contributed by atoms with E-state index in [-0.39, 0.29) is 59.5 Å². The lowest BCUT2D eigenvalue weighted by atomic mass is 9.43. The van der Waals surface area contributed by atoms with Crippen molar-refractivity contribution in [3.63, 3.8) is 0 Å². The molecule has 0 unspecified atom stereocenters. The van der Waals surface area contributed by atoms with E-state index in [1.165, 1.54) is 13.8 Å². The molecule has 1 aromatic rings. The van der Waals surface area contributed by atoms with Crippen LogP contribution in [-0.4, -0.2) is 40.6 Å². The molecule has 0 aromatic heterocycles. The number of hydrogen-bond acceptors (Lipinski definition) is 6. The quantitative estimate of drug-likeness (QED) is 0.332. The van der Waals surface area contributed by atoms with Gasteiger partial charge in [-0.1, -0.05) is 26.0 Å². The molecule has 0 spiro atoms. The molecule has 5 rings (SSSR count). The summed E-state index contributed by atoms with van der Waals surface area (Å²) in [6.07, 6.45) is 6.17. The van der Waals surface area contributed by atoms with Crippen LogP contribution in [0.25, 0.3) is 0 Å². The minimum atomic E-state index is -1.32. The van der Waals surface area contributed by atoms with Crippen LogP contribution in [0.5, 0.6) is 0 Å². The van der Waals surface area contributed by atoms with Crippen LogP contribution in [0, 0.1) is 38.1 Å². The summed E-state index contributed by atoms with van der Waals surface area (Å²) in [6, 6.07) is 7.92. The van der Waals surface area contributed by atoms with Gasteiger partial charge in [0.2, 0.25) is 0 Å². The van der Waals surface area contributed by atoms with Gasteiger partial charge in [0, 0.05) is 21.8 Å². The number of aliphatic hydroxyl groups is 1. The average molecular weight is 637 g/mol. The summed E-state index contributed by atoms with van der Waals surface area (Å²) >= 11 is 2.25. The molecule has 9 atom stereocenters. The zero-order valence-corrected chi connectivity index (χ0v) is 25.2. The summed E-state index contributed by atoms with van der Waals surface area (Å²) < 4.78 is 13.1. The maximum atomic E-state index is 13.3. The summed E-state index contributed by atoms with van der Waals surface area (Å²) in [5, 5.41) is 11.6. The van der Waals surface area contributed by atoms with Crippen molar-refractivity contribution in [1.82, 2.24) is 0 Å². The third kappa shape index (κ3) is 4.63. The second-order valence-corrected chi connectivity index (χ2v) is 14.2. The summed E-state index contributed by atoms with van der Waals surface area (Å²) in [5.41, 5.74) is -0.842. The topological polar surface area (TPSA) is 89.9 Å². The van der Waals surface area contributed by atoms with Gasteiger partial charge < -0.3 is 14.6 Å². The van der Waals surface area contributed by atoms with Crippen molar-refractivity contribution in [2.24, 2.45) is 34.5 Å². The van der Waals surface area contributed by atoms with Gasteiger partial charge in [-0.3, -0.25) is 14.4 Å². The number of hydrogen-bond donors (Lipinski definition) is 1. The number of ether oxygens (including phenoxy) is 2. The predicted octanol–water partition coefficient (Wildman–Crippen LogP) is 5.65. The van der Waals surface area contributed by atoms with Gasteiger partial charge in [0.15, 0.2) is 5.78 Å². The van der Waals surface area contributed by atoms with Crippen LogP contribution in [-0.2, 0) is 30.3 Å².